The van der Waals surface area contributed by atoms with Crippen LogP contribution >= 0.6 is 0 Å². The van der Waals surface area contributed by atoms with Crippen LogP contribution in [0.1, 0.15) is 38.7 Å². The lowest BCUT2D eigenvalue weighted by Gasteiger charge is -2.26. The minimum atomic E-state index is -0.638. The van der Waals surface area contributed by atoms with E-state index in [1.807, 2.05) is 12.1 Å². The summed E-state index contributed by atoms with van der Waals surface area (Å²) in [6.07, 6.45) is 6.79. The van der Waals surface area contributed by atoms with E-state index in [1.54, 1.807) is 18.2 Å². The van der Waals surface area contributed by atoms with Gasteiger partial charge in [-0.3, -0.25) is 0 Å². The Morgan fingerprint density at radius 3 is 2.77 bits per heavy atom. The number of hydrogen-bond donors (Lipinski definition) is 0. The van der Waals surface area contributed by atoms with Crippen molar-refractivity contribution in [3.05, 3.63) is 48.1 Å². The molecule has 1 aliphatic carbocycles. The molecule has 0 spiro atoms. The summed E-state index contributed by atoms with van der Waals surface area (Å²) in [5.74, 6) is 1.42. The fourth-order valence-corrected chi connectivity index (χ4v) is 2.76. The fourth-order valence-electron chi connectivity index (χ4n) is 2.76. The highest BCUT2D eigenvalue weighted by Gasteiger charge is 2.21. The molecule has 0 aromatic heterocycles. The Hall–Kier alpha value is -2.03. The van der Waals surface area contributed by atoms with Crippen LogP contribution in [0.15, 0.2) is 42.5 Å². The SMILES string of the molecule is C=Cc1ccc(OC(=O)OCC(C)C2CCC=C(C)C2)cc1. The first-order chi connectivity index (χ1) is 10.6. The lowest BCUT2D eigenvalue weighted by molar-refractivity contribution is 0.0743. The van der Waals surface area contributed by atoms with Crippen molar-refractivity contribution in [1.29, 1.82) is 0 Å². The number of carbonyl (C=O) groups excluding carboxylic acids is 1. The third kappa shape index (κ3) is 4.76. The highest BCUT2D eigenvalue weighted by Crippen LogP contribution is 2.30. The Balaban J connectivity index is 1.77. The highest BCUT2D eigenvalue weighted by molar-refractivity contribution is 5.64. The van der Waals surface area contributed by atoms with E-state index in [2.05, 4.69) is 26.5 Å². The van der Waals surface area contributed by atoms with Gasteiger partial charge in [0.15, 0.2) is 0 Å². The number of benzene rings is 1. The van der Waals surface area contributed by atoms with E-state index >= 15 is 0 Å². The average Bonchev–Trinajstić information content (AvgIpc) is 2.53. The molecule has 0 saturated carbocycles. The van der Waals surface area contributed by atoms with E-state index in [9.17, 15) is 4.79 Å². The standard InChI is InChI=1S/C19H24O3/c1-4-16-8-10-18(11-9-16)22-19(20)21-13-15(3)17-7-5-6-14(2)12-17/h4,6,8-11,15,17H,1,5,7,12-13H2,2-3H3. The smallest absolute Gasteiger partial charge is 0.434 e. The molecule has 3 nitrogen and oxygen atoms in total. The maximum atomic E-state index is 11.7. The van der Waals surface area contributed by atoms with Crippen LogP contribution in [0, 0.1) is 11.8 Å². The Labute approximate surface area is 132 Å². The van der Waals surface area contributed by atoms with Gasteiger partial charge in [0.1, 0.15) is 5.75 Å². The number of rotatable bonds is 5. The van der Waals surface area contributed by atoms with Crippen molar-refractivity contribution in [2.24, 2.45) is 11.8 Å². The average molecular weight is 300 g/mol. The molecule has 118 valence electrons. The first-order valence-electron chi connectivity index (χ1n) is 7.81. The number of ether oxygens (including phenoxy) is 2. The van der Waals surface area contributed by atoms with Crippen LogP contribution < -0.4 is 4.74 Å². The van der Waals surface area contributed by atoms with Crippen molar-refractivity contribution >= 4 is 12.2 Å². The monoisotopic (exact) mass is 300 g/mol. The van der Waals surface area contributed by atoms with Crippen LogP contribution in [-0.4, -0.2) is 12.8 Å². The van der Waals surface area contributed by atoms with Gasteiger partial charge in [0.25, 0.3) is 0 Å². The molecule has 0 heterocycles. The van der Waals surface area contributed by atoms with Gasteiger partial charge in [-0.2, -0.15) is 0 Å². The molecule has 22 heavy (non-hydrogen) atoms. The Morgan fingerprint density at radius 1 is 1.41 bits per heavy atom. The molecule has 1 aromatic rings. The van der Waals surface area contributed by atoms with Gasteiger partial charge in [0, 0.05) is 0 Å². The zero-order valence-corrected chi connectivity index (χ0v) is 13.4. The lowest BCUT2D eigenvalue weighted by atomic mass is 9.81. The highest BCUT2D eigenvalue weighted by atomic mass is 16.7. The summed E-state index contributed by atoms with van der Waals surface area (Å²) in [6.45, 7) is 8.39. The van der Waals surface area contributed by atoms with Crippen LogP contribution in [-0.2, 0) is 4.74 Å². The molecule has 1 aliphatic rings. The number of hydrogen-bond acceptors (Lipinski definition) is 3. The Bertz CT molecular complexity index is 542. The molecule has 2 atom stereocenters. The van der Waals surface area contributed by atoms with Crippen molar-refractivity contribution in [3.63, 3.8) is 0 Å². The predicted molar refractivity (Wildman–Crippen MR) is 88.8 cm³/mol. The lowest BCUT2D eigenvalue weighted by Crippen LogP contribution is -2.22. The molecule has 3 heteroatoms. The van der Waals surface area contributed by atoms with E-state index in [0.29, 0.717) is 24.2 Å². The minimum Gasteiger partial charge on any atom is -0.434 e. The summed E-state index contributed by atoms with van der Waals surface area (Å²) in [6, 6.07) is 7.15. The van der Waals surface area contributed by atoms with Crippen molar-refractivity contribution < 1.29 is 14.3 Å². The summed E-state index contributed by atoms with van der Waals surface area (Å²) < 4.78 is 10.4. The van der Waals surface area contributed by atoms with Gasteiger partial charge in [-0.05, 0) is 55.7 Å². The van der Waals surface area contributed by atoms with E-state index < -0.39 is 6.16 Å². The summed E-state index contributed by atoms with van der Waals surface area (Å²) >= 11 is 0. The summed E-state index contributed by atoms with van der Waals surface area (Å²) in [4.78, 5) is 11.7. The van der Waals surface area contributed by atoms with Crippen LogP contribution in [0.5, 0.6) is 5.75 Å². The quantitative estimate of drug-likeness (QED) is 0.424. The van der Waals surface area contributed by atoms with E-state index in [4.69, 9.17) is 9.47 Å². The van der Waals surface area contributed by atoms with Gasteiger partial charge in [0.05, 0.1) is 6.61 Å². The zero-order chi connectivity index (χ0) is 15.9. The van der Waals surface area contributed by atoms with Crippen LogP contribution in [0.25, 0.3) is 6.08 Å². The molecular weight excluding hydrogens is 276 g/mol. The second-order valence-electron chi connectivity index (χ2n) is 6.01. The summed E-state index contributed by atoms with van der Waals surface area (Å²) in [7, 11) is 0. The third-order valence-corrected chi connectivity index (χ3v) is 4.20. The molecule has 0 bridgehead atoms. The normalized spacial score (nSPS) is 19.0. The maximum Gasteiger partial charge on any atom is 0.513 e. The molecular formula is C19H24O3. The van der Waals surface area contributed by atoms with Crippen LogP contribution in [0.4, 0.5) is 4.79 Å². The molecule has 1 aromatic carbocycles. The molecule has 0 fully saturated rings. The molecule has 0 saturated heterocycles. The van der Waals surface area contributed by atoms with E-state index in [-0.39, 0.29) is 0 Å². The predicted octanol–water partition coefficient (Wildman–Crippen LogP) is 5.23. The first kappa shape index (κ1) is 16.3. The van der Waals surface area contributed by atoms with Crippen molar-refractivity contribution in [1.82, 2.24) is 0 Å². The van der Waals surface area contributed by atoms with Gasteiger partial charge < -0.3 is 9.47 Å². The Morgan fingerprint density at radius 2 is 2.14 bits per heavy atom. The van der Waals surface area contributed by atoms with Gasteiger partial charge >= 0.3 is 6.16 Å². The van der Waals surface area contributed by atoms with Crippen LogP contribution in [0.3, 0.4) is 0 Å². The summed E-state index contributed by atoms with van der Waals surface area (Å²) in [5, 5.41) is 0. The third-order valence-electron chi connectivity index (χ3n) is 4.20. The van der Waals surface area contributed by atoms with Crippen LogP contribution in [0.2, 0.25) is 0 Å². The van der Waals surface area contributed by atoms with Crippen molar-refractivity contribution in [2.75, 3.05) is 6.61 Å². The summed E-state index contributed by atoms with van der Waals surface area (Å²) in [5.41, 5.74) is 2.42. The van der Waals surface area contributed by atoms with Gasteiger partial charge in [-0.25, -0.2) is 4.79 Å². The van der Waals surface area contributed by atoms with E-state index in [0.717, 1.165) is 18.4 Å². The molecule has 2 rings (SSSR count). The second kappa shape index (κ2) is 7.83. The molecule has 0 radical (unpaired) electrons. The molecule has 0 aliphatic heterocycles. The maximum absolute atomic E-state index is 11.7. The molecule has 0 N–H and O–H groups in total. The first-order valence-corrected chi connectivity index (χ1v) is 7.81. The molecule has 0 amide bonds. The molecule has 2 unspecified atom stereocenters. The van der Waals surface area contributed by atoms with E-state index in [1.165, 1.54) is 12.0 Å². The Kier molecular flexibility index (Phi) is 5.82. The van der Waals surface area contributed by atoms with Gasteiger partial charge in [-0.1, -0.05) is 43.4 Å². The number of carbonyl (C=O) groups is 1. The van der Waals surface area contributed by atoms with Crippen molar-refractivity contribution in [3.8, 4) is 5.75 Å². The second-order valence-corrected chi connectivity index (χ2v) is 6.01. The van der Waals surface area contributed by atoms with Crippen molar-refractivity contribution in [2.45, 2.75) is 33.1 Å². The topological polar surface area (TPSA) is 35.5 Å². The fraction of sp³-hybridized carbons (Fsp3) is 0.421. The zero-order valence-electron chi connectivity index (χ0n) is 13.4. The van der Waals surface area contributed by atoms with Gasteiger partial charge in [0.2, 0.25) is 0 Å². The minimum absolute atomic E-state index is 0.347. The van der Waals surface area contributed by atoms with Gasteiger partial charge in [-0.15, -0.1) is 0 Å². The number of allylic oxidation sites excluding steroid dienone is 2. The largest absolute Gasteiger partial charge is 0.513 e.